The Kier molecular flexibility index (Phi) is 2.15. The maximum atomic E-state index is 12.2. The van der Waals surface area contributed by atoms with Gasteiger partial charge in [0.25, 0.3) is 0 Å². The lowest BCUT2D eigenvalue weighted by Crippen LogP contribution is -2.59. The predicted octanol–water partition coefficient (Wildman–Crippen LogP) is 2.35. The SMILES string of the molecule is CC(C)C1CCC1(O)C(F)(F)F. The highest BCUT2D eigenvalue weighted by atomic mass is 19.4. The fourth-order valence-corrected chi connectivity index (χ4v) is 1.82. The van der Waals surface area contributed by atoms with Crippen molar-refractivity contribution in [3.05, 3.63) is 0 Å². The topological polar surface area (TPSA) is 20.2 Å². The molecule has 2 atom stereocenters. The molecule has 4 heteroatoms. The lowest BCUT2D eigenvalue weighted by atomic mass is 9.64. The van der Waals surface area contributed by atoms with Crippen molar-refractivity contribution in [1.29, 1.82) is 0 Å². The first-order valence-corrected chi connectivity index (χ1v) is 4.08. The molecular formula is C8H13F3O. The van der Waals surface area contributed by atoms with E-state index in [-0.39, 0.29) is 12.3 Å². The molecule has 0 spiro atoms. The summed E-state index contributed by atoms with van der Waals surface area (Å²) in [5.74, 6) is -0.720. The largest absolute Gasteiger partial charge is 0.417 e. The highest BCUT2D eigenvalue weighted by molar-refractivity contribution is 5.02. The van der Waals surface area contributed by atoms with Crippen LogP contribution in [0.25, 0.3) is 0 Å². The normalized spacial score (nSPS) is 36.8. The minimum Gasteiger partial charge on any atom is -0.380 e. The van der Waals surface area contributed by atoms with Crippen LogP contribution in [0.3, 0.4) is 0 Å². The first kappa shape index (κ1) is 9.84. The molecule has 0 aromatic heterocycles. The number of hydrogen-bond donors (Lipinski definition) is 1. The van der Waals surface area contributed by atoms with E-state index in [0.717, 1.165) is 0 Å². The van der Waals surface area contributed by atoms with Gasteiger partial charge in [-0.3, -0.25) is 0 Å². The van der Waals surface area contributed by atoms with Crippen molar-refractivity contribution < 1.29 is 18.3 Å². The second-order valence-electron chi connectivity index (χ2n) is 3.81. The van der Waals surface area contributed by atoms with Crippen LogP contribution in [0.4, 0.5) is 13.2 Å². The van der Waals surface area contributed by atoms with Gasteiger partial charge in [0.15, 0.2) is 5.60 Å². The molecule has 1 aliphatic rings. The molecule has 1 N–H and O–H groups in total. The minimum absolute atomic E-state index is 0.106. The molecule has 1 nitrogen and oxygen atoms in total. The molecule has 0 aliphatic heterocycles. The molecular weight excluding hydrogens is 169 g/mol. The number of alkyl halides is 3. The Morgan fingerprint density at radius 2 is 1.92 bits per heavy atom. The fourth-order valence-electron chi connectivity index (χ4n) is 1.82. The Hall–Kier alpha value is -0.250. The Bertz CT molecular complexity index is 176. The fraction of sp³-hybridized carbons (Fsp3) is 1.00. The minimum atomic E-state index is -4.46. The van der Waals surface area contributed by atoms with Crippen molar-refractivity contribution >= 4 is 0 Å². The summed E-state index contributed by atoms with van der Waals surface area (Å²) in [5.41, 5.74) is -2.40. The van der Waals surface area contributed by atoms with E-state index in [0.29, 0.717) is 6.42 Å². The van der Waals surface area contributed by atoms with E-state index >= 15 is 0 Å². The summed E-state index contributed by atoms with van der Waals surface area (Å²) in [6.45, 7) is 3.42. The third kappa shape index (κ3) is 1.22. The summed E-state index contributed by atoms with van der Waals surface area (Å²) in [7, 11) is 0. The quantitative estimate of drug-likeness (QED) is 0.660. The van der Waals surface area contributed by atoms with Crippen LogP contribution in [0.15, 0.2) is 0 Å². The highest BCUT2D eigenvalue weighted by Gasteiger charge is 2.63. The predicted molar refractivity (Wildman–Crippen MR) is 38.6 cm³/mol. The Morgan fingerprint density at radius 3 is 2.00 bits per heavy atom. The number of rotatable bonds is 1. The van der Waals surface area contributed by atoms with Gasteiger partial charge in [-0.2, -0.15) is 13.2 Å². The summed E-state index contributed by atoms with van der Waals surface area (Å²) in [4.78, 5) is 0. The molecule has 0 aromatic carbocycles. The summed E-state index contributed by atoms with van der Waals surface area (Å²) >= 11 is 0. The molecule has 0 bridgehead atoms. The maximum Gasteiger partial charge on any atom is 0.417 e. The Balaban J connectivity index is 2.74. The van der Waals surface area contributed by atoms with Gasteiger partial charge >= 0.3 is 6.18 Å². The monoisotopic (exact) mass is 182 g/mol. The van der Waals surface area contributed by atoms with Crippen LogP contribution < -0.4 is 0 Å². The van der Waals surface area contributed by atoms with Crippen molar-refractivity contribution in [2.75, 3.05) is 0 Å². The Labute approximate surface area is 69.6 Å². The van der Waals surface area contributed by atoms with Crippen LogP contribution in [0.5, 0.6) is 0 Å². The van der Waals surface area contributed by atoms with Crippen LogP contribution in [0, 0.1) is 11.8 Å². The van der Waals surface area contributed by atoms with Crippen molar-refractivity contribution in [2.45, 2.75) is 38.5 Å². The van der Waals surface area contributed by atoms with E-state index in [1.54, 1.807) is 13.8 Å². The van der Waals surface area contributed by atoms with Gasteiger partial charge in [-0.25, -0.2) is 0 Å². The van der Waals surface area contributed by atoms with Crippen molar-refractivity contribution in [3.8, 4) is 0 Å². The van der Waals surface area contributed by atoms with Crippen LogP contribution in [0.1, 0.15) is 26.7 Å². The molecule has 1 rings (SSSR count). The Morgan fingerprint density at radius 1 is 1.42 bits per heavy atom. The molecule has 1 saturated carbocycles. The van der Waals surface area contributed by atoms with Gasteiger partial charge in [0.2, 0.25) is 0 Å². The van der Waals surface area contributed by atoms with E-state index in [9.17, 15) is 18.3 Å². The zero-order valence-corrected chi connectivity index (χ0v) is 7.15. The van der Waals surface area contributed by atoms with E-state index in [2.05, 4.69) is 0 Å². The molecule has 1 aliphatic carbocycles. The van der Waals surface area contributed by atoms with E-state index in [1.807, 2.05) is 0 Å². The average molecular weight is 182 g/mol. The summed E-state index contributed by atoms with van der Waals surface area (Å²) < 4.78 is 36.7. The standard InChI is InChI=1S/C8H13F3O/c1-5(2)6-3-4-7(6,12)8(9,10)11/h5-6,12H,3-4H2,1-2H3. The van der Waals surface area contributed by atoms with Gasteiger partial charge in [-0.05, 0) is 24.7 Å². The van der Waals surface area contributed by atoms with Crippen molar-refractivity contribution in [2.24, 2.45) is 11.8 Å². The molecule has 0 aromatic rings. The first-order chi connectivity index (χ1) is 5.29. The zero-order chi connectivity index (χ0) is 9.57. The molecule has 12 heavy (non-hydrogen) atoms. The first-order valence-electron chi connectivity index (χ1n) is 4.08. The second-order valence-corrected chi connectivity index (χ2v) is 3.81. The number of halogens is 3. The lowest BCUT2D eigenvalue weighted by molar-refractivity contribution is -0.316. The molecule has 2 unspecified atom stereocenters. The van der Waals surface area contributed by atoms with Crippen LogP contribution in [-0.4, -0.2) is 16.9 Å². The van der Waals surface area contributed by atoms with Gasteiger partial charge in [-0.1, -0.05) is 13.8 Å². The van der Waals surface area contributed by atoms with Gasteiger partial charge in [0.05, 0.1) is 0 Å². The van der Waals surface area contributed by atoms with Gasteiger partial charge < -0.3 is 5.11 Å². The molecule has 1 fully saturated rings. The third-order valence-electron chi connectivity index (χ3n) is 2.75. The van der Waals surface area contributed by atoms with Gasteiger partial charge in [0, 0.05) is 0 Å². The van der Waals surface area contributed by atoms with Crippen molar-refractivity contribution in [3.63, 3.8) is 0 Å². The summed E-state index contributed by atoms with van der Waals surface area (Å²) in [6, 6.07) is 0. The van der Waals surface area contributed by atoms with Crippen LogP contribution in [0.2, 0.25) is 0 Å². The molecule has 0 radical (unpaired) electrons. The zero-order valence-electron chi connectivity index (χ0n) is 7.15. The second kappa shape index (κ2) is 2.62. The van der Waals surface area contributed by atoms with Crippen molar-refractivity contribution in [1.82, 2.24) is 0 Å². The van der Waals surface area contributed by atoms with E-state index in [1.165, 1.54) is 0 Å². The van der Waals surface area contributed by atoms with Gasteiger partial charge in [0.1, 0.15) is 0 Å². The molecule has 0 amide bonds. The lowest BCUT2D eigenvalue weighted by Gasteiger charge is -2.48. The maximum absolute atomic E-state index is 12.2. The number of aliphatic hydroxyl groups is 1. The third-order valence-corrected chi connectivity index (χ3v) is 2.75. The van der Waals surface area contributed by atoms with Gasteiger partial charge in [-0.15, -0.1) is 0 Å². The highest BCUT2D eigenvalue weighted by Crippen LogP contribution is 2.52. The molecule has 0 heterocycles. The van der Waals surface area contributed by atoms with E-state index < -0.39 is 17.7 Å². The van der Waals surface area contributed by atoms with Crippen LogP contribution >= 0.6 is 0 Å². The van der Waals surface area contributed by atoms with E-state index in [4.69, 9.17) is 0 Å². The molecule has 0 saturated heterocycles. The number of hydrogen-bond acceptors (Lipinski definition) is 1. The summed E-state index contributed by atoms with van der Waals surface area (Å²) in [6.07, 6.45) is -4.12. The van der Waals surface area contributed by atoms with Crippen LogP contribution in [-0.2, 0) is 0 Å². The molecule has 72 valence electrons. The summed E-state index contributed by atoms with van der Waals surface area (Å²) in [5, 5.41) is 9.25. The smallest absolute Gasteiger partial charge is 0.380 e. The average Bonchev–Trinajstić information content (AvgIpc) is 1.79.